The van der Waals surface area contributed by atoms with Crippen molar-refractivity contribution in [2.45, 2.75) is 71.1 Å². The SMILES string of the molecule is CCCCS(=O)(=O)N1CCC(C(=O)N(C)CCC2CCCCC2)CC1. The van der Waals surface area contributed by atoms with Crippen LogP contribution in [0.25, 0.3) is 0 Å². The van der Waals surface area contributed by atoms with Crippen LogP contribution in [0.4, 0.5) is 0 Å². The Labute approximate surface area is 154 Å². The van der Waals surface area contributed by atoms with Gasteiger partial charge in [-0.05, 0) is 31.6 Å². The second-order valence-electron chi connectivity index (χ2n) is 7.90. The molecule has 6 heteroatoms. The maximum atomic E-state index is 12.7. The molecule has 0 radical (unpaired) electrons. The summed E-state index contributed by atoms with van der Waals surface area (Å²) in [6.07, 6.45) is 10.7. The smallest absolute Gasteiger partial charge is 0.225 e. The number of nitrogens with zero attached hydrogens (tertiary/aromatic N) is 2. The third kappa shape index (κ3) is 6.24. The highest BCUT2D eigenvalue weighted by atomic mass is 32.2. The average Bonchev–Trinajstić information content (AvgIpc) is 2.65. The molecule has 0 aromatic heterocycles. The molecule has 25 heavy (non-hydrogen) atoms. The summed E-state index contributed by atoms with van der Waals surface area (Å²) >= 11 is 0. The van der Waals surface area contributed by atoms with E-state index in [0.29, 0.717) is 32.4 Å². The van der Waals surface area contributed by atoms with E-state index in [1.807, 2.05) is 18.9 Å². The highest BCUT2D eigenvalue weighted by Gasteiger charge is 2.32. The topological polar surface area (TPSA) is 57.7 Å². The third-order valence-corrected chi connectivity index (χ3v) is 7.88. The molecule has 1 amide bonds. The molecule has 0 spiro atoms. The van der Waals surface area contributed by atoms with E-state index < -0.39 is 10.0 Å². The van der Waals surface area contributed by atoms with Crippen LogP contribution in [0.3, 0.4) is 0 Å². The first kappa shape index (κ1) is 20.7. The van der Waals surface area contributed by atoms with Crippen molar-refractivity contribution in [2.24, 2.45) is 11.8 Å². The van der Waals surface area contributed by atoms with Crippen LogP contribution >= 0.6 is 0 Å². The van der Waals surface area contributed by atoms with Gasteiger partial charge in [-0.15, -0.1) is 0 Å². The number of hydrogen-bond donors (Lipinski definition) is 0. The second kappa shape index (κ2) is 9.91. The molecular formula is C19H36N2O3S. The van der Waals surface area contributed by atoms with Crippen molar-refractivity contribution in [3.8, 4) is 0 Å². The molecule has 2 fully saturated rings. The molecule has 1 saturated carbocycles. The molecule has 0 unspecified atom stereocenters. The number of sulfonamides is 1. The van der Waals surface area contributed by atoms with Crippen LogP contribution in [0.15, 0.2) is 0 Å². The fraction of sp³-hybridized carbons (Fsp3) is 0.947. The zero-order valence-electron chi connectivity index (χ0n) is 16.1. The molecule has 0 bridgehead atoms. The van der Waals surface area contributed by atoms with Gasteiger partial charge in [0.2, 0.25) is 15.9 Å². The summed E-state index contributed by atoms with van der Waals surface area (Å²) in [5.74, 6) is 1.23. The maximum Gasteiger partial charge on any atom is 0.225 e. The summed E-state index contributed by atoms with van der Waals surface area (Å²) in [5, 5.41) is 0. The highest BCUT2D eigenvalue weighted by molar-refractivity contribution is 7.89. The van der Waals surface area contributed by atoms with E-state index in [1.54, 1.807) is 4.31 Å². The fourth-order valence-electron chi connectivity index (χ4n) is 4.11. The van der Waals surface area contributed by atoms with Gasteiger partial charge in [-0.2, -0.15) is 0 Å². The van der Waals surface area contributed by atoms with Crippen molar-refractivity contribution in [1.82, 2.24) is 9.21 Å². The molecule has 0 atom stereocenters. The summed E-state index contributed by atoms with van der Waals surface area (Å²) < 4.78 is 26.1. The van der Waals surface area contributed by atoms with Crippen LogP contribution in [0.5, 0.6) is 0 Å². The van der Waals surface area contributed by atoms with E-state index in [-0.39, 0.29) is 17.6 Å². The van der Waals surface area contributed by atoms with Crippen molar-refractivity contribution >= 4 is 15.9 Å². The largest absolute Gasteiger partial charge is 0.346 e. The lowest BCUT2D eigenvalue weighted by atomic mass is 9.87. The lowest BCUT2D eigenvalue weighted by Crippen LogP contribution is -2.44. The van der Waals surface area contributed by atoms with E-state index in [9.17, 15) is 13.2 Å². The van der Waals surface area contributed by atoms with Gasteiger partial charge >= 0.3 is 0 Å². The third-order valence-electron chi connectivity index (χ3n) is 5.93. The van der Waals surface area contributed by atoms with Crippen molar-refractivity contribution < 1.29 is 13.2 Å². The predicted octanol–water partition coefficient (Wildman–Crippen LogP) is 3.26. The van der Waals surface area contributed by atoms with E-state index in [0.717, 1.165) is 25.3 Å². The van der Waals surface area contributed by atoms with Crippen LogP contribution in [-0.2, 0) is 14.8 Å². The number of rotatable bonds is 8. The van der Waals surface area contributed by atoms with E-state index in [4.69, 9.17) is 0 Å². The molecule has 0 aromatic carbocycles. The van der Waals surface area contributed by atoms with Crippen LogP contribution in [0, 0.1) is 11.8 Å². The monoisotopic (exact) mass is 372 g/mol. The molecule has 146 valence electrons. The number of unbranched alkanes of at least 4 members (excludes halogenated alkanes) is 1. The Hall–Kier alpha value is -0.620. The predicted molar refractivity (Wildman–Crippen MR) is 102 cm³/mol. The minimum Gasteiger partial charge on any atom is -0.346 e. The molecule has 2 aliphatic rings. The van der Waals surface area contributed by atoms with E-state index >= 15 is 0 Å². The van der Waals surface area contributed by atoms with Crippen molar-refractivity contribution in [3.63, 3.8) is 0 Å². The van der Waals surface area contributed by atoms with Gasteiger partial charge < -0.3 is 4.90 Å². The first-order chi connectivity index (χ1) is 11.9. The summed E-state index contributed by atoms with van der Waals surface area (Å²) in [7, 11) is -1.22. The van der Waals surface area contributed by atoms with Gasteiger partial charge in [-0.3, -0.25) is 4.79 Å². The zero-order chi connectivity index (χ0) is 18.3. The summed E-state index contributed by atoms with van der Waals surface area (Å²) in [6.45, 7) is 3.85. The van der Waals surface area contributed by atoms with Gasteiger partial charge in [0.1, 0.15) is 0 Å². The molecule has 1 heterocycles. The van der Waals surface area contributed by atoms with Gasteiger partial charge in [0, 0.05) is 32.6 Å². The Morgan fingerprint density at radius 2 is 1.72 bits per heavy atom. The lowest BCUT2D eigenvalue weighted by Gasteiger charge is -2.33. The first-order valence-electron chi connectivity index (χ1n) is 10.2. The van der Waals surface area contributed by atoms with Crippen LogP contribution in [-0.4, -0.2) is 56.0 Å². The maximum absolute atomic E-state index is 12.7. The Kier molecular flexibility index (Phi) is 8.20. The molecule has 1 aliphatic carbocycles. The quantitative estimate of drug-likeness (QED) is 0.657. The Balaban J connectivity index is 1.74. The van der Waals surface area contributed by atoms with Gasteiger partial charge in [-0.1, -0.05) is 45.4 Å². The number of carbonyl (C=O) groups is 1. The van der Waals surface area contributed by atoms with Crippen molar-refractivity contribution in [2.75, 3.05) is 32.4 Å². The van der Waals surface area contributed by atoms with Crippen molar-refractivity contribution in [3.05, 3.63) is 0 Å². The molecule has 2 rings (SSSR count). The van der Waals surface area contributed by atoms with Crippen LogP contribution < -0.4 is 0 Å². The minimum atomic E-state index is -3.13. The van der Waals surface area contributed by atoms with Crippen LogP contribution in [0.1, 0.15) is 71.1 Å². The van der Waals surface area contributed by atoms with Crippen molar-refractivity contribution in [1.29, 1.82) is 0 Å². The molecule has 0 aromatic rings. The summed E-state index contributed by atoms with van der Waals surface area (Å²) in [5.41, 5.74) is 0. The van der Waals surface area contributed by atoms with Gasteiger partial charge in [0.15, 0.2) is 0 Å². The summed E-state index contributed by atoms with van der Waals surface area (Å²) in [4.78, 5) is 14.5. The molecule has 1 aliphatic heterocycles. The van der Waals surface area contributed by atoms with Gasteiger partial charge in [0.05, 0.1) is 5.75 Å². The van der Waals surface area contributed by atoms with Crippen LogP contribution in [0.2, 0.25) is 0 Å². The molecule has 5 nitrogen and oxygen atoms in total. The second-order valence-corrected chi connectivity index (χ2v) is 9.98. The Morgan fingerprint density at radius 1 is 1.08 bits per heavy atom. The standard InChI is InChI=1S/C19H36N2O3S/c1-3-4-16-25(23,24)21-14-11-18(12-15-21)19(22)20(2)13-10-17-8-6-5-7-9-17/h17-18H,3-16H2,1-2H3. The number of piperidine rings is 1. The molecule has 0 N–H and O–H groups in total. The Bertz CT molecular complexity index is 507. The molecular weight excluding hydrogens is 336 g/mol. The lowest BCUT2D eigenvalue weighted by molar-refractivity contribution is -0.135. The van der Waals surface area contributed by atoms with Gasteiger partial charge in [-0.25, -0.2) is 12.7 Å². The highest BCUT2D eigenvalue weighted by Crippen LogP contribution is 2.27. The minimum absolute atomic E-state index is 0.00557. The number of hydrogen-bond acceptors (Lipinski definition) is 3. The average molecular weight is 373 g/mol. The summed E-state index contributed by atoms with van der Waals surface area (Å²) in [6, 6.07) is 0. The van der Waals surface area contributed by atoms with E-state index in [1.165, 1.54) is 32.1 Å². The normalized spacial score (nSPS) is 21.4. The first-order valence-corrected chi connectivity index (χ1v) is 11.8. The zero-order valence-corrected chi connectivity index (χ0v) is 16.9. The Morgan fingerprint density at radius 3 is 2.32 bits per heavy atom. The van der Waals surface area contributed by atoms with Gasteiger partial charge in [0.25, 0.3) is 0 Å². The number of carbonyl (C=O) groups excluding carboxylic acids is 1. The number of amides is 1. The fourth-order valence-corrected chi connectivity index (χ4v) is 5.79. The molecule has 1 saturated heterocycles. The van der Waals surface area contributed by atoms with E-state index in [2.05, 4.69) is 0 Å².